The van der Waals surface area contributed by atoms with Crippen molar-refractivity contribution in [2.24, 2.45) is 22.7 Å². The number of hydrogen-bond acceptors (Lipinski definition) is 4. The van der Waals surface area contributed by atoms with Crippen LogP contribution in [0.1, 0.15) is 112 Å². The van der Waals surface area contributed by atoms with Crippen molar-refractivity contribution in [1.82, 2.24) is 4.98 Å². The molecule has 279 valence electrons. The Balaban J connectivity index is 0.000000305. The zero-order valence-electron chi connectivity index (χ0n) is 33.2. The summed E-state index contributed by atoms with van der Waals surface area (Å²) in [7, 11) is 0. The van der Waals surface area contributed by atoms with E-state index in [2.05, 4.69) is 96.1 Å². The van der Waals surface area contributed by atoms with Crippen molar-refractivity contribution in [3.8, 4) is 11.3 Å². The van der Waals surface area contributed by atoms with E-state index < -0.39 is 0 Å². The number of aliphatic hydroxyl groups excluding tert-OH is 1. The molecule has 0 saturated carbocycles. The first kappa shape index (κ1) is 41.8. The SMILES string of the molecule is CCC(CC)C(=O)/C=C(\O)C(C)(CC)CC.Cc1ccc2c(CC(C)C)c3c([c-]c2c1)-c1nccc2c1c(cc1c(CC(C)(C)C)cccc12)S3.[Ir]. The average Bonchev–Trinajstić information content (AvgIpc) is 3.08. The molecular weight excluding hydrogens is 835 g/mol. The van der Waals surface area contributed by atoms with E-state index in [1.54, 1.807) is 0 Å². The van der Waals surface area contributed by atoms with E-state index in [4.69, 9.17) is 4.98 Å². The van der Waals surface area contributed by atoms with Crippen LogP contribution >= 0.6 is 11.8 Å². The third-order valence-electron chi connectivity index (χ3n) is 10.8. The summed E-state index contributed by atoms with van der Waals surface area (Å²) in [6.07, 6.45) is 8.94. The van der Waals surface area contributed by atoms with Gasteiger partial charge in [0.1, 0.15) is 5.76 Å². The van der Waals surface area contributed by atoms with Crippen molar-refractivity contribution < 1.29 is 30.0 Å². The minimum atomic E-state index is -0.248. The Morgan fingerprint density at radius 1 is 0.923 bits per heavy atom. The van der Waals surface area contributed by atoms with Crippen LogP contribution in [0, 0.1) is 35.7 Å². The number of pyridine rings is 1. The summed E-state index contributed by atoms with van der Waals surface area (Å²) in [4.78, 5) is 19.5. The Kier molecular flexibility index (Phi) is 13.7. The number of carbonyl (C=O) groups excluding carboxylic acids is 1. The van der Waals surface area contributed by atoms with Crippen LogP contribution in [-0.2, 0) is 37.7 Å². The second-order valence-electron chi connectivity index (χ2n) is 16.5. The molecule has 0 saturated heterocycles. The maximum atomic E-state index is 11.9. The first-order chi connectivity index (χ1) is 24.1. The van der Waals surface area contributed by atoms with E-state index in [1.807, 2.05) is 52.6 Å². The number of nitrogens with zero attached hydrogens (tertiary/aromatic N) is 1. The fraction of sp³-hybridized carbons (Fsp3) is 0.447. The van der Waals surface area contributed by atoms with Gasteiger partial charge < -0.3 is 5.11 Å². The molecule has 0 atom stereocenters. The molecule has 2 heterocycles. The molecule has 0 unspecified atom stereocenters. The minimum absolute atomic E-state index is 0. The predicted octanol–water partition coefficient (Wildman–Crippen LogP) is 13.8. The molecule has 0 spiro atoms. The van der Waals surface area contributed by atoms with E-state index in [0.717, 1.165) is 44.2 Å². The van der Waals surface area contributed by atoms with Crippen molar-refractivity contribution >= 4 is 49.9 Å². The van der Waals surface area contributed by atoms with E-state index in [9.17, 15) is 9.90 Å². The number of ketones is 1. The van der Waals surface area contributed by atoms with Crippen LogP contribution < -0.4 is 0 Å². The van der Waals surface area contributed by atoms with Crippen LogP contribution in [-0.4, -0.2) is 15.9 Å². The topological polar surface area (TPSA) is 50.2 Å². The molecular formula is C47H58IrNO2S-. The van der Waals surface area contributed by atoms with Crippen LogP contribution in [0.4, 0.5) is 0 Å². The maximum absolute atomic E-state index is 11.9. The molecule has 0 fully saturated rings. The molecule has 1 aliphatic heterocycles. The van der Waals surface area contributed by atoms with Crippen LogP contribution in [0.3, 0.4) is 0 Å². The molecule has 1 aliphatic rings. The number of hydrogen-bond donors (Lipinski definition) is 1. The number of aliphatic hydroxyl groups is 1. The Hall–Kier alpha value is -2.98. The number of rotatable bonds is 10. The Morgan fingerprint density at radius 2 is 1.62 bits per heavy atom. The molecule has 6 rings (SSSR count). The summed E-state index contributed by atoms with van der Waals surface area (Å²) >= 11 is 1.93. The van der Waals surface area contributed by atoms with Crippen LogP contribution in [0.2, 0.25) is 0 Å². The van der Waals surface area contributed by atoms with E-state index >= 15 is 0 Å². The third kappa shape index (κ3) is 8.69. The van der Waals surface area contributed by atoms with E-state index in [-0.39, 0.29) is 48.4 Å². The zero-order chi connectivity index (χ0) is 37.2. The normalized spacial score (nSPS) is 13.0. The van der Waals surface area contributed by atoms with Crippen molar-refractivity contribution in [3.05, 3.63) is 89.3 Å². The fourth-order valence-electron chi connectivity index (χ4n) is 7.37. The average molecular weight is 893 g/mol. The van der Waals surface area contributed by atoms with Crippen molar-refractivity contribution in [2.75, 3.05) is 0 Å². The largest absolute Gasteiger partial charge is 0.512 e. The van der Waals surface area contributed by atoms with Gasteiger partial charge in [0, 0.05) is 54.3 Å². The maximum Gasteiger partial charge on any atom is 0.162 e. The minimum Gasteiger partial charge on any atom is -0.512 e. The number of carbonyl (C=O) groups is 1. The molecule has 0 aliphatic carbocycles. The van der Waals surface area contributed by atoms with Gasteiger partial charge in [-0.2, -0.15) is 0 Å². The molecule has 5 heteroatoms. The molecule has 1 aromatic heterocycles. The summed E-state index contributed by atoms with van der Waals surface area (Å²) in [5.41, 5.74) is 6.40. The first-order valence-corrected chi connectivity index (χ1v) is 19.9. The van der Waals surface area contributed by atoms with Crippen molar-refractivity contribution in [2.45, 2.75) is 124 Å². The van der Waals surface area contributed by atoms with Gasteiger partial charge in [-0.25, -0.2) is 0 Å². The summed E-state index contributed by atoms with van der Waals surface area (Å²) in [6.45, 7) is 23.9. The monoisotopic (exact) mass is 893 g/mol. The van der Waals surface area contributed by atoms with E-state index in [1.165, 1.54) is 70.4 Å². The smallest absolute Gasteiger partial charge is 0.162 e. The Morgan fingerprint density at radius 3 is 2.23 bits per heavy atom. The summed E-state index contributed by atoms with van der Waals surface area (Å²) < 4.78 is 0. The number of aromatic nitrogens is 1. The molecule has 1 radical (unpaired) electrons. The second kappa shape index (κ2) is 17.0. The van der Waals surface area contributed by atoms with Gasteiger partial charge in [0.25, 0.3) is 0 Å². The number of allylic oxidation sites excluding steroid dienone is 2. The standard InChI is InChI=1S/C33H32NS.C14H26O2.Ir/c1-19(2)14-27-23-11-10-20(3)15-22(23)16-28-31-30-25(12-13-34-31)24-9-7-8-21(18-33(4,5)6)26(24)17-29(30)35-32(27)28;1-6-11(7-2)12(15)10-13(16)14(5,8-3)9-4;/h7-13,15,17,19H,14,18H2,1-6H3;10-11,16H,6-9H2,1-5H3;/q-1;;/b;13-10-;. The number of benzene rings is 4. The molecule has 1 N–H and O–H groups in total. The molecule has 5 aromatic rings. The van der Waals surface area contributed by atoms with Gasteiger partial charge in [0.05, 0.1) is 0 Å². The molecule has 0 amide bonds. The van der Waals surface area contributed by atoms with Gasteiger partial charge in [0.2, 0.25) is 0 Å². The van der Waals surface area contributed by atoms with Gasteiger partial charge in [-0.1, -0.05) is 122 Å². The molecule has 4 aromatic carbocycles. The van der Waals surface area contributed by atoms with Crippen LogP contribution in [0.15, 0.2) is 76.4 Å². The Labute approximate surface area is 330 Å². The summed E-state index contributed by atoms with van der Waals surface area (Å²) in [5.74, 6) is 0.942. The van der Waals surface area contributed by atoms with Crippen LogP contribution in [0.5, 0.6) is 0 Å². The molecule has 52 heavy (non-hydrogen) atoms. The zero-order valence-corrected chi connectivity index (χ0v) is 36.4. The molecule has 0 bridgehead atoms. The third-order valence-corrected chi connectivity index (χ3v) is 12.0. The Bertz CT molecular complexity index is 2100. The fourth-order valence-corrected chi connectivity index (χ4v) is 8.64. The van der Waals surface area contributed by atoms with Gasteiger partial charge in [-0.05, 0) is 101 Å². The quantitative estimate of drug-likeness (QED) is 0.0644. The number of fused-ring (bicyclic) bond motifs is 5. The number of aryl methyl sites for hydroxylation is 1. The van der Waals surface area contributed by atoms with Gasteiger partial charge in [0.15, 0.2) is 5.78 Å². The van der Waals surface area contributed by atoms with Crippen molar-refractivity contribution in [3.63, 3.8) is 0 Å². The van der Waals surface area contributed by atoms with E-state index in [0.29, 0.717) is 5.92 Å². The predicted molar refractivity (Wildman–Crippen MR) is 220 cm³/mol. The van der Waals surface area contributed by atoms with Gasteiger partial charge >= 0.3 is 0 Å². The first-order valence-electron chi connectivity index (χ1n) is 19.1. The summed E-state index contributed by atoms with van der Waals surface area (Å²) in [6, 6.07) is 22.1. The van der Waals surface area contributed by atoms with Gasteiger partial charge in [-0.15, -0.1) is 29.3 Å². The van der Waals surface area contributed by atoms with Gasteiger partial charge in [-0.3, -0.25) is 9.78 Å². The summed E-state index contributed by atoms with van der Waals surface area (Å²) in [5, 5.41) is 17.9. The molecule has 3 nitrogen and oxygen atoms in total. The second-order valence-corrected chi connectivity index (χ2v) is 17.5. The van der Waals surface area contributed by atoms with Crippen molar-refractivity contribution in [1.29, 1.82) is 0 Å². The van der Waals surface area contributed by atoms with Crippen LogP contribution in [0.25, 0.3) is 43.6 Å².